The van der Waals surface area contributed by atoms with Gasteiger partial charge in [-0.05, 0) is 36.8 Å². The van der Waals surface area contributed by atoms with Crippen molar-refractivity contribution in [3.8, 4) is 5.75 Å². The maximum Gasteiger partial charge on any atom is 0.277 e. The Bertz CT molecular complexity index is 941. The molecule has 0 saturated carbocycles. The van der Waals surface area contributed by atoms with E-state index < -0.39 is 28.4 Å². The van der Waals surface area contributed by atoms with Gasteiger partial charge in [-0.1, -0.05) is 24.3 Å². The number of carbonyl (C=O) groups is 1. The number of sulfonamides is 1. The Labute approximate surface area is 157 Å². The van der Waals surface area contributed by atoms with Crippen LogP contribution in [0.4, 0.5) is 4.39 Å². The van der Waals surface area contributed by atoms with Gasteiger partial charge in [0.25, 0.3) is 5.91 Å². The lowest BCUT2D eigenvalue weighted by atomic mass is 10.1. The lowest BCUT2D eigenvalue weighted by molar-refractivity contribution is -0.123. The monoisotopic (exact) mass is 393 g/mol. The van der Waals surface area contributed by atoms with Crippen LogP contribution in [-0.2, 0) is 14.8 Å². The van der Waals surface area contributed by atoms with Gasteiger partial charge >= 0.3 is 0 Å². The number of nitrogens with zero attached hydrogens (tertiary/aromatic N) is 2. The number of amides is 1. The molecule has 2 aromatic carbocycles. The van der Waals surface area contributed by atoms with Gasteiger partial charge in [0.05, 0.1) is 10.6 Å². The fourth-order valence-corrected chi connectivity index (χ4v) is 2.93. The van der Waals surface area contributed by atoms with Crippen LogP contribution in [-0.4, -0.2) is 45.0 Å². The first-order valence-corrected chi connectivity index (χ1v) is 9.39. The molecule has 0 saturated heterocycles. The molecule has 0 aromatic heterocycles. The summed E-state index contributed by atoms with van der Waals surface area (Å²) in [6.07, 6.45) is 0. The van der Waals surface area contributed by atoms with Crippen LogP contribution in [0.1, 0.15) is 12.5 Å². The van der Waals surface area contributed by atoms with Crippen LogP contribution in [0.25, 0.3) is 0 Å². The molecule has 0 unspecified atom stereocenters. The maximum atomic E-state index is 13.4. The summed E-state index contributed by atoms with van der Waals surface area (Å²) >= 11 is 0. The van der Waals surface area contributed by atoms with Gasteiger partial charge in [-0.25, -0.2) is 22.5 Å². The van der Waals surface area contributed by atoms with Crippen molar-refractivity contribution < 1.29 is 22.3 Å². The predicted molar refractivity (Wildman–Crippen MR) is 99.6 cm³/mol. The van der Waals surface area contributed by atoms with Crippen LogP contribution in [0.15, 0.2) is 58.5 Å². The highest BCUT2D eigenvalue weighted by Crippen LogP contribution is 2.15. The zero-order valence-electron chi connectivity index (χ0n) is 15.1. The van der Waals surface area contributed by atoms with Crippen LogP contribution < -0.4 is 10.2 Å². The SMILES string of the molecule is C/C(=N/NC(=O)COc1ccccc1F)c1ccc(S(=O)(=O)N(C)C)cc1. The van der Waals surface area contributed by atoms with E-state index in [1.165, 1.54) is 44.4 Å². The van der Waals surface area contributed by atoms with Crippen molar-refractivity contribution in [1.29, 1.82) is 0 Å². The van der Waals surface area contributed by atoms with Crippen molar-refractivity contribution in [2.24, 2.45) is 5.10 Å². The average Bonchev–Trinajstić information content (AvgIpc) is 2.65. The van der Waals surface area contributed by atoms with E-state index in [1.807, 2.05) is 0 Å². The number of hydrazone groups is 1. The normalized spacial score (nSPS) is 12.1. The highest BCUT2D eigenvalue weighted by atomic mass is 32.2. The van der Waals surface area contributed by atoms with Crippen molar-refractivity contribution in [2.45, 2.75) is 11.8 Å². The number of nitrogens with one attached hydrogen (secondary N) is 1. The van der Waals surface area contributed by atoms with Gasteiger partial charge in [-0.15, -0.1) is 0 Å². The van der Waals surface area contributed by atoms with Crippen LogP contribution in [0.5, 0.6) is 5.75 Å². The van der Waals surface area contributed by atoms with Crippen LogP contribution in [0, 0.1) is 5.82 Å². The van der Waals surface area contributed by atoms with Crippen molar-refractivity contribution in [3.05, 3.63) is 59.9 Å². The summed E-state index contributed by atoms with van der Waals surface area (Å²) in [7, 11) is -0.599. The van der Waals surface area contributed by atoms with Crippen molar-refractivity contribution in [3.63, 3.8) is 0 Å². The Morgan fingerprint density at radius 2 is 1.78 bits per heavy atom. The Hall–Kier alpha value is -2.78. The van der Waals surface area contributed by atoms with Gasteiger partial charge < -0.3 is 4.74 Å². The van der Waals surface area contributed by atoms with Gasteiger partial charge in [0.15, 0.2) is 18.2 Å². The molecule has 9 heteroatoms. The molecule has 2 rings (SSSR count). The number of carbonyl (C=O) groups excluding carboxylic acids is 1. The van der Waals surface area contributed by atoms with Gasteiger partial charge in [-0.3, -0.25) is 4.79 Å². The lowest BCUT2D eigenvalue weighted by Crippen LogP contribution is -2.25. The van der Waals surface area contributed by atoms with Gasteiger partial charge in [0.2, 0.25) is 10.0 Å². The summed E-state index contributed by atoms with van der Waals surface area (Å²) in [6.45, 7) is 1.27. The molecule has 0 aliphatic heterocycles. The van der Waals surface area contributed by atoms with Crippen LogP contribution in [0.2, 0.25) is 0 Å². The number of ether oxygens (including phenoxy) is 1. The fourth-order valence-electron chi connectivity index (χ4n) is 2.03. The van der Waals surface area contributed by atoms with Crippen molar-refractivity contribution in [1.82, 2.24) is 9.73 Å². The molecule has 0 aliphatic carbocycles. The predicted octanol–water partition coefficient (Wildman–Crippen LogP) is 2.00. The molecule has 0 heterocycles. The third-order valence-electron chi connectivity index (χ3n) is 3.59. The Morgan fingerprint density at radius 1 is 1.15 bits per heavy atom. The lowest BCUT2D eigenvalue weighted by Gasteiger charge is -2.11. The number of halogens is 1. The Balaban J connectivity index is 1.97. The summed E-state index contributed by atoms with van der Waals surface area (Å²) in [6, 6.07) is 11.9. The van der Waals surface area contributed by atoms with Crippen molar-refractivity contribution >= 4 is 21.6 Å². The van der Waals surface area contributed by atoms with E-state index in [1.54, 1.807) is 25.1 Å². The fraction of sp³-hybridized carbons (Fsp3) is 0.222. The number of hydrogen-bond donors (Lipinski definition) is 1. The maximum absolute atomic E-state index is 13.4. The minimum Gasteiger partial charge on any atom is -0.481 e. The van der Waals surface area contributed by atoms with E-state index in [2.05, 4.69) is 10.5 Å². The quantitative estimate of drug-likeness (QED) is 0.576. The first-order chi connectivity index (χ1) is 12.7. The zero-order valence-corrected chi connectivity index (χ0v) is 16.0. The number of rotatable bonds is 7. The van der Waals surface area contributed by atoms with E-state index >= 15 is 0 Å². The number of benzene rings is 2. The second-order valence-corrected chi connectivity index (χ2v) is 7.91. The highest BCUT2D eigenvalue weighted by Gasteiger charge is 2.16. The van der Waals surface area contributed by atoms with E-state index in [-0.39, 0.29) is 10.6 Å². The standard InChI is InChI=1S/C18H20FN3O4S/c1-13(14-8-10-15(11-9-14)27(24,25)22(2)3)20-21-18(23)12-26-17-7-5-4-6-16(17)19/h4-11H,12H2,1-3H3,(H,21,23)/b20-13-. The van der Waals surface area contributed by atoms with E-state index in [0.29, 0.717) is 11.3 Å². The molecule has 0 spiro atoms. The van der Waals surface area contributed by atoms with Gasteiger partial charge in [-0.2, -0.15) is 5.10 Å². The Morgan fingerprint density at radius 3 is 2.37 bits per heavy atom. The summed E-state index contributed by atoms with van der Waals surface area (Å²) in [5.74, 6) is -1.13. The molecule has 27 heavy (non-hydrogen) atoms. The zero-order chi connectivity index (χ0) is 20.0. The molecule has 0 radical (unpaired) electrons. The first-order valence-electron chi connectivity index (χ1n) is 7.95. The molecule has 0 fully saturated rings. The first kappa shape index (κ1) is 20.5. The van der Waals surface area contributed by atoms with E-state index in [0.717, 1.165) is 4.31 Å². The number of para-hydroxylation sites is 1. The molecule has 0 bridgehead atoms. The van der Waals surface area contributed by atoms with E-state index in [9.17, 15) is 17.6 Å². The summed E-state index contributed by atoms with van der Waals surface area (Å²) in [5.41, 5.74) is 3.43. The molecule has 1 amide bonds. The van der Waals surface area contributed by atoms with Crippen LogP contribution in [0.3, 0.4) is 0 Å². The molecular formula is C18H20FN3O4S. The molecular weight excluding hydrogens is 373 g/mol. The third-order valence-corrected chi connectivity index (χ3v) is 5.42. The average molecular weight is 393 g/mol. The molecule has 0 atom stereocenters. The highest BCUT2D eigenvalue weighted by molar-refractivity contribution is 7.89. The van der Waals surface area contributed by atoms with E-state index in [4.69, 9.17) is 4.74 Å². The summed E-state index contributed by atoms with van der Waals surface area (Å²) in [5, 5.41) is 3.94. The molecule has 144 valence electrons. The molecule has 7 nitrogen and oxygen atoms in total. The Kier molecular flexibility index (Phi) is 6.65. The minimum atomic E-state index is -3.51. The summed E-state index contributed by atoms with van der Waals surface area (Å²) < 4.78 is 43.7. The minimum absolute atomic E-state index is 0.0222. The third kappa shape index (κ3) is 5.35. The molecule has 2 aromatic rings. The molecule has 1 N–H and O–H groups in total. The van der Waals surface area contributed by atoms with Gasteiger partial charge in [0, 0.05) is 14.1 Å². The second kappa shape index (κ2) is 8.74. The largest absolute Gasteiger partial charge is 0.481 e. The second-order valence-electron chi connectivity index (χ2n) is 5.76. The van der Waals surface area contributed by atoms with Crippen molar-refractivity contribution in [2.75, 3.05) is 20.7 Å². The molecule has 0 aliphatic rings. The smallest absolute Gasteiger partial charge is 0.277 e. The van der Waals surface area contributed by atoms with Gasteiger partial charge in [0.1, 0.15) is 0 Å². The number of hydrogen-bond acceptors (Lipinski definition) is 5. The summed E-state index contributed by atoms with van der Waals surface area (Å²) in [4.78, 5) is 11.9. The topological polar surface area (TPSA) is 88.1 Å². The van der Waals surface area contributed by atoms with Crippen LogP contribution >= 0.6 is 0 Å².